The molecular weight excluding hydrogens is 248 g/mol. The molecule has 0 unspecified atom stereocenters. The van der Waals surface area contributed by atoms with Gasteiger partial charge in [0.1, 0.15) is 12.4 Å². The van der Waals surface area contributed by atoms with Gasteiger partial charge in [0, 0.05) is 5.56 Å². The van der Waals surface area contributed by atoms with Crippen molar-refractivity contribution >= 4 is 16.8 Å². The van der Waals surface area contributed by atoms with Crippen LogP contribution in [-0.4, -0.2) is 5.24 Å². The minimum atomic E-state index is -0.476. The zero-order valence-corrected chi connectivity index (χ0v) is 10.8. The van der Waals surface area contributed by atoms with Gasteiger partial charge in [-0.25, -0.2) is 0 Å². The molecule has 2 aromatic carbocycles. The highest BCUT2D eigenvalue weighted by molar-refractivity contribution is 6.67. The van der Waals surface area contributed by atoms with Gasteiger partial charge in [-0.2, -0.15) is 0 Å². The van der Waals surface area contributed by atoms with Crippen LogP contribution in [0, 0.1) is 6.92 Å². The molecule has 0 spiro atoms. The molecule has 0 aliphatic heterocycles. The number of benzene rings is 2. The van der Waals surface area contributed by atoms with Gasteiger partial charge in [-0.1, -0.05) is 35.9 Å². The highest BCUT2D eigenvalue weighted by Crippen LogP contribution is 2.16. The average molecular weight is 261 g/mol. The first-order valence-corrected chi connectivity index (χ1v) is 6.01. The normalized spacial score (nSPS) is 10.1. The summed E-state index contributed by atoms with van der Waals surface area (Å²) in [6, 6.07) is 15.0. The van der Waals surface area contributed by atoms with Crippen molar-refractivity contribution < 1.29 is 9.53 Å². The van der Waals surface area contributed by atoms with Crippen LogP contribution < -0.4 is 4.74 Å². The smallest absolute Gasteiger partial charge is 0.252 e. The maximum Gasteiger partial charge on any atom is 0.252 e. The number of carbonyl (C=O) groups excluding carboxylic acids is 1. The van der Waals surface area contributed by atoms with Crippen LogP contribution in [0.1, 0.15) is 21.5 Å². The van der Waals surface area contributed by atoms with E-state index in [-0.39, 0.29) is 0 Å². The number of rotatable bonds is 4. The molecule has 92 valence electrons. The zero-order chi connectivity index (χ0) is 13.0. The Morgan fingerprint density at radius 2 is 1.94 bits per heavy atom. The number of hydrogen-bond acceptors (Lipinski definition) is 2. The molecule has 18 heavy (non-hydrogen) atoms. The van der Waals surface area contributed by atoms with Gasteiger partial charge in [0.2, 0.25) is 0 Å². The monoisotopic (exact) mass is 260 g/mol. The summed E-state index contributed by atoms with van der Waals surface area (Å²) in [5.74, 6) is 0.642. The van der Waals surface area contributed by atoms with E-state index in [2.05, 4.69) is 6.07 Å². The Kier molecular flexibility index (Phi) is 4.00. The number of carbonyl (C=O) groups is 1. The molecule has 0 amide bonds. The number of halogens is 1. The Bertz CT molecular complexity index is 564. The molecule has 0 aromatic heterocycles. The molecule has 0 atom stereocenters. The summed E-state index contributed by atoms with van der Waals surface area (Å²) >= 11 is 5.42. The van der Waals surface area contributed by atoms with Gasteiger partial charge < -0.3 is 4.74 Å². The number of aryl methyl sites for hydroxylation is 1. The lowest BCUT2D eigenvalue weighted by molar-refractivity contribution is 0.108. The van der Waals surface area contributed by atoms with E-state index in [0.29, 0.717) is 17.9 Å². The lowest BCUT2D eigenvalue weighted by Gasteiger charge is -2.07. The van der Waals surface area contributed by atoms with E-state index in [4.69, 9.17) is 16.3 Å². The fourth-order valence-corrected chi connectivity index (χ4v) is 1.79. The van der Waals surface area contributed by atoms with Crippen LogP contribution in [0.3, 0.4) is 0 Å². The van der Waals surface area contributed by atoms with E-state index in [1.54, 1.807) is 24.3 Å². The number of ether oxygens (including phenoxy) is 1. The van der Waals surface area contributed by atoms with Crippen LogP contribution in [0.4, 0.5) is 0 Å². The molecule has 0 aliphatic rings. The summed E-state index contributed by atoms with van der Waals surface area (Å²) in [5.41, 5.74) is 2.73. The molecule has 0 fully saturated rings. The fraction of sp³-hybridized carbons (Fsp3) is 0.133. The lowest BCUT2D eigenvalue weighted by Crippen LogP contribution is -1.97. The molecule has 0 aliphatic carbocycles. The Balaban J connectivity index is 2.06. The van der Waals surface area contributed by atoms with Crippen LogP contribution in [0.25, 0.3) is 0 Å². The van der Waals surface area contributed by atoms with E-state index < -0.39 is 5.24 Å². The fourth-order valence-electron chi connectivity index (χ4n) is 1.68. The summed E-state index contributed by atoms with van der Waals surface area (Å²) in [7, 11) is 0. The SMILES string of the molecule is Cc1cccc(COc2cccc(C(=O)Cl)c2)c1. The maximum absolute atomic E-state index is 11.0. The third-order valence-electron chi connectivity index (χ3n) is 2.55. The van der Waals surface area contributed by atoms with E-state index in [0.717, 1.165) is 5.56 Å². The molecule has 0 radical (unpaired) electrons. The predicted octanol–water partition coefficient (Wildman–Crippen LogP) is 3.95. The third kappa shape index (κ3) is 3.34. The molecule has 0 N–H and O–H groups in total. The van der Waals surface area contributed by atoms with Gasteiger partial charge >= 0.3 is 0 Å². The van der Waals surface area contributed by atoms with Crippen LogP contribution in [0.5, 0.6) is 5.75 Å². The van der Waals surface area contributed by atoms with Crippen LogP contribution in [0.2, 0.25) is 0 Å². The van der Waals surface area contributed by atoms with Crippen molar-refractivity contribution in [2.45, 2.75) is 13.5 Å². The van der Waals surface area contributed by atoms with Crippen molar-refractivity contribution in [1.82, 2.24) is 0 Å². The molecule has 2 rings (SSSR count). The predicted molar refractivity (Wildman–Crippen MR) is 72.1 cm³/mol. The second kappa shape index (κ2) is 5.69. The van der Waals surface area contributed by atoms with Crippen molar-refractivity contribution in [2.24, 2.45) is 0 Å². The zero-order valence-electron chi connectivity index (χ0n) is 10.0. The Morgan fingerprint density at radius 1 is 1.17 bits per heavy atom. The van der Waals surface area contributed by atoms with E-state index in [1.807, 2.05) is 25.1 Å². The summed E-state index contributed by atoms with van der Waals surface area (Å²) in [6.07, 6.45) is 0. The summed E-state index contributed by atoms with van der Waals surface area (Å²) in [4.78, 5) is 11.0. The number of hydrogen-bond donors (Lipinski definition) is 0. The summed E-state index contributed by atoms with van der Waals surface area (Å²) in [6.45, 7) is 2.51. The van der Waals surface area contributed by atoms with Gasteiger partial charge in [0.05, 0.1) is 0 Å². The van der Waals surface area contributed by atoms with E-state index >= 15 is 0 Å². The third-order valence-corrected chi connectivity index (χ3v) is 2.77. The Hall–Kier alpha value is -1.80. The van der Waals surface area contributed by atoms with Gasteiger partial charge in [0.15, 0.2) is 0 Å². The quantitative estimate of drug-likeness (QED) is 0.778. The molecule has 0 saturated heterocycles. The van der Waals surface area contributed by atoms with Crippen LogP contribution in [0.15, 0.2) is 48.5 Å². The van der Waals surface area contributed by atoms with E-state index in [1.165, 1.54) is 5.56 Å². The summed E-state index contributed by atoms with van der Waals surface area (Å²) < 4.78 is 5.63. The molecule has 2 nitrogen and oxygen atoms in total. The molecule has 0 bridgehead atoms. The Morgan fingerprint density at radius 3 is 2.67 bits per heavy atom. The van der Waals surface area contributed by atoms with Gasteiger partial charge in [0.25, 0.3) is 5.24 Å². The minimum Gasteiger partial charge on any atom is -0.489 e. The second-order valence-corrected chi connectivity index (χ2v) is 4.42. The van der Waals surface area contributed by atoms with E-state index in [9.17, 15) is 4.79 Å². The molecule has 3 heteroatoms. The first kappa shape index (κ1) is 12.7. The maximum atomic E-state index is 11.0. The minimum absolute atomic E-state index is 0.443. The molecule has 0 heterocycles. The first-order valence-electron chi connectivity index (χ1n) is 5.63. The molecule has 0 saturated carbocycles. The van der Waals surface area contributed by atoms with Gasteiger partial charge in [-0.3, -0.25) is 4.79 Å². The first-order chi connectivity index (χ1) is 8.65. The van der Waals surface area contributed by atoms with Gasteiger partial charge in [-0.15, -0.1) is 0 Å². The molecular formula is C15H13ClO2. The van der Waals surface area contributed by atoms with Crippen molar-refractivity contribution in [3.63, 3.8) is 0 Å². The van der Waals surface area contributed by atoms with Crippen molar-refractivity contribution in [3.8, 4) is 5.75 Å². The van der Waals surface area contributed by atoms with Crippen LogP contribution in [-0.2, 0) is 6.61 Å². The van der Waals surface area contributed by atoms with Crippen molar-refractivity contribution in [2.75, 3.05) is 0 Å². The Labute approximate surface area is 111 Å². The second-order valence-electron chi connectivity index (χ2n) is 4.08. The topological polar surface area (TPSA) is 26.3 Å². The average Bonchev–Trinajstić information content (AvgIpc) is 2.37. The summed E-state index contributed by atoms with van der Waals surface area (Å²) in [5, 5.41) is -0.476. The van der Waals surface area contributed by atoms with Crippen molar-refractivity contribution in [3.05, 3.63) is 65.2 Å². The largest absolute Gasteiger partial charge is 0.489 e. The van der Waals surface area contributed by atoms with Crippen LogP contribution >= 0.6 is 11.6 Å². The standard InChI is InChI=1S/C15H13ClO2/c1-11-4-2-5-12(8-11)10-18-14-7-3-6-13(9-14)15(16)17/h2-9H,10H2,1H3. The van der Waals surface area contributed by atoms with Gasteiger partial charge in [-0.05, 0) is 42.3 Å². The highest BCUT2D eigenvalue weighted by atomic mass is 35.5. The lowest BCUT2D eigenvalue weighted by atomic mass is 10.1. The highest BCUT2D eigenvalue weighted by Gasteiger charge is 2.03. The van der Waals surface area contributed by atoms with Crippen molar-refractivity contribution in [1.29, 1.82) is 0 Å². The molecule has 2 aromatic rings.